The number of amidine groups is 1. The van der Waals surface area contributed by atoms with Crippen LogP contribution in [0, 0.1) is 6.92 Å². The van der Waals surface area contributed by atoms with Crippen LogP contribution in [0.25, 0.3) is 0 Å². The molecule has 7 heteroatoms. The van der Waals surface area contributed by atoms with Crippen LogP contribution in [0.15, 0.2) is 53.5 Å². The number of hydrogen-bond donors (Lipinski definition) is 1. The van der Waals surface area contributed by atoms with Crippen LogP contribution in [0.4, 0.5) is 11.4 Å². The predicted octanol–water partition coefficient (Wildman–Crippen LogP) is 3.72. The van der Waals surface area contributed by atoms with Crippen LogP contribution in [0.1, 0.15) is 5.56 Å². The van der Waals surface area contributed by atoms with Gasteiger partial charge in [0.25, 0.3) is 5.91 Å². The van der Waals surface area contributed by atoms with Gasteiger partial charge in [0.1, 0.15) is 6.54 Å². The Labute approximate surface area is 155 Å². The summed E-state index contributed by atoms with van der Waals surface area (Å²) in [6.45, 7) is 2.05. The average molecular weight is 374 g/mol. The van der Waals surface area contributed by atoms with E-state index in [-0.39, 0.29) is 24.1 Å². The molecule has 0 radical (unpaired) electrons. The van der Waals surface area contributed by atoms with Gasteiger partial charge in [-0.3, -0.25) is 19.5 Å². The molecule has 0 bridgehead atoms. The third kappa shape index (κ3) is 4.21. The van der Waals surface area contributed by atoms with Crippen LogP contribution in [-0.2, 0) is 9.59 Å². The zero-order valence-electron chi connectivity index (χ0n) is 13.5. The fraction of sp³-hybridized carbons (Fsp3) is 0.167. The van der Waals surface area contributed by atoms with Crippen molar-refractivity contribution >= 4 is 51.7 Å². The molecule has 0 atom stereocenters. The molecule has 0 fully saturated rings. The molecule has 2 amide bonds. The number of carbonyl (C=O) groups is 2. The smallest absolute Gasteiger partial charge is 0.254 e. The summed E-state index contributed by atoms with van der Waals surface area (Å²) in [6, 6.07) is 14.6. The Balaban J connectivity index is 1.64. The molecule has 1 aliphatic heterocycles. The minimum Gasteiger partial charge on any atom is -0.325 e. The summed E-state index contributed by atoms with van der Waals surface area (Å²) in [5, 5.41) is 3.78. The number of benzene rings is 2. The number of halogens is 1. The van der Waals surface area contributed by atoms with E-state index in [9.17, 15) is 9.59 Å². The first-order valence-corrected chi connectivity index (χ1v) is 9.02. The maximum Gasteiger partial charge on any atom is 0.254 e. The molecule has 1 heterocycles. The number of nitrogens with one attached hydrogen (secondary N) is 1. The lowest BCUT2D eigenvalue weighted by Gasteiger charge is -2.19. The molecule has 5 nitrogen and oxygen atoms in total. The highest BCUT2D eigenvalue weighted by Gasteiger charge is 2.29. The number of amides is 2. The number of hydrogen-bond acceptors (Lipinski definition) is 4. The molecule has 1 N–H and O–H groups in total. The second kappa shape index (κ2) is 7.72. The molecule has 0 aliphatic carbocycles. The van der Waals surface area contributed by atoms with Crippen molar-refractivity contribution in [1.29, 1.82) is 0 Å². The lowest BCUT2D eigenvalue weighted by molar-refractivity contribution is -0.116. The van der Waals surface area contributed by atoms with Crippen molar-refractivity contribution in [2.24, 2.45) is 4.99 Å². The molecule has 0 aromatic heterocycles. The van der Waals surface area contributed by atoms with E-state index in [0.717, 1.165) is 11.3 Å². The maximum atomic E-state index is 12.1. The van der Waals surface area contributed by atoms with E-state index in [1.807, 2.05) is 31.2 Å². The second-order valence-corrected chi connectivity index (χ2v) is 6.83. The van der Waals surface area contributed by atoms with Crippen LogP contribution in [0.5, 0.6) is 0 Å². The van der Waals surface area contributed by atoms with Gasteiger partial charge in [-0.25, -0.2) is 0 Å². The number of aryl methyl sites for hydroxylation is 1. The number of aliphatic imine (C=N–C) groups is 1. The van der Waals surface area contributed by atoms with E-state index in [2.05, 4.69) is 10.3 Å². The molecule has 3 rings (SSSR count). The molecule has 0 unspecified atom stereocenters. The molecule has 2 aromatic carbocycles. The highest BCUT2D eigenvalue weighted by Crippen LogP contribution is 2.30. The van der Waals surface area contributed by atoms with Crippen LogP contribution >= 0.6 is 23.4 Å². The maximum absolute atomic E-state index is 12.1. The van der Waals surface area contributed by atoms with Crippen molar-refractivity contribution in [3.63, 3.8) is 0 Å². The number of rotatable bonds is 4. The van der Waals surface area contributed by atoms with Crippen LogP contribution in [0.2, 0.25) is 5.02 Å². The standard InChI is InChI=1S/C18H16ClN3O2S/c1-12-6-8-13(9-7-12)21-16(23)11-25-18-20-10-17(24)22(18)15-5-3-2-4-14(15)19/h2-9H,10-11H2,1H3,(H,21,23). The van der Waals surface area contributed by atoms with E-state index in [1.165, 1.54) is 16.7 Å². The van der Waals surface area contributed by atoms with Gasteiger partial charge in [0, 0.05) is 5.69 Å². The topological polar surface area (TPSA) is 61.8 Å². The largest absolute Gasteiger partial charge is 0.325 e. The molecule has 0 saturated heterocycles. The third-order valence-electron chi connectivity index (χ3n) is 3.55. The lowest BCUT2D eigenvalue weighted by atomic mass is 10.2. The first kappa shape index (κ1) is 17.5. The predicted molar refractivity (Wildman–Crippen MR) is 104 cm³/mol. The second-order valence-electron chi connectivity index (χ2n) is 5.48. The fourth-order valence-electron chi connectivity index (χ4n) is 2.33. The highest BCUT2D eigenvalue weighted by atomic mass is 35.5. The minimum absolute atomic E-state index is 0.0626. The molecule has 2 aromatic rings. The van der Waals surface area contributed by atoms with E-state index in [1.54, 1.807) is 24.3 Å². The quantitative estimate of drug-likeness (QED) is 0.888. The number of thioether (sulfide) groups is 1. The number of carbonyl (C=O) groups excluding carboxylic acids is 2. The summed E-state index contributed by atoms with van der Waals surface area (Å²) in [7, 11) is 0. The van der Waals surface area contributed by atoms with Gasteiger partial charge < -0.3 is 5.32 Å². The van der Waals surface area contributed by atoms with E-state index in [4.69, 9.17) is 11.6 Å². The summed E-state index contributed by atoms with van der Waals surface area (Å²) in [6.07, 6.45) is 0. The lowest BCUT2D eigenvalue weighted by Crippen LogP contribution is -2.31. The van der Waals surface area contributed by atoms with Crippen LogP contribution in [0.3, 0.4) is 0 Å². The van der Waals surface area contributed by atoms with Crippen molar-refractivity contribution in [3.8, 4) is 0 Å². The average Bonchev–Trinajstić information content (AvgIpc) is 2.96. The van der Waals surface area contributed by atoms with Crippen LogP contribution in [-0.4, -0.2) is 29.3 Å². The van der Waals surface area contributed by atoms with Crippen molar-refractivity contribution < 1.29 is 9.59 Å². The van der Waals surface area contributed by atoms with Gasteiger partial charge in [-0.2, -0.15) is 0 Å². The molecular formula is C18H16ClN3O2S. The number of para-hydroxylation sites is 1. The summed E-state index contributed by atoms with van der Waals surface area (Å²) < 4.78 is 0. The monoisotopic (exact) mass is 373 g/mol. The van der Waals surface area contributed by atoms with Crippen molar-refractivity contribution in [2.75, 3.05) is 22.5 Å². The van der Waals surface area contributed by atoms with Crippen molar-refractivity contribution in [3.05, 3.63) is 59.1 Å². The normalized spacial score (nSPS) is 13.8. The Morgan fingerprint density at radius 1 is 1.24 bits per heavy atom. The van der Waals surface area contributed by atoms with Crippen molar-refractivity contribution in [1.82, 2.24) is 0 Å². The fourth-order valence-corrected chi connectivity index (χ4v) is 3.37. The first-order chi connectivity index (χ1) is 12.0. The van der Waals surface area contributed by atoms with Gasteiger partial charge >= 0.3 is 0 Å². The van der Waals surface area contributed by atoms with Gasteiger partial charge in [0.05, 0.1) is 16.5 Å². The highest BCUT2D eigenvalue weighted by molar-refractivity contribution is 8.14. The van der Waals surface area contributed by atoms with Crippen molar-refractivity contribution in [2.45, 2.75) is 6.92 Å². The van der Waals surface area contributed by atoms with E-state index in [0.29, 0.717) is 15.9 Å². The SMILES string of the molecule is Cc1ccc(NC(=O)CSC2=NCC(=O)N2c2ccccc2Cl)cc1. The third-order valence-corrected chi connectivity index (χ3v) is 4.85. The summed E-state index contributed by atoms with van der Waals surface area (Å²) in [5.74, 6) is -0.162. The van der Waals surface area contributed by atoms with Gasteiger partial charge in [0.2, 0.25) is 5.91 Å². The van der Waals surface area contributed by atoms with Gasteiger partial charge in [-0.1, -0.05) is 53.2 Å². The first-order valence-electron chi connectivity index (χ1n) is 7.66. The Morgan fingerprint density at radius 2 is 1.96 bits per heavy atom. The molecule has 25 heavy (non-hydrogen) atoms. The zero-order valence-corrected chi connectivity index (χ0v) is 15.1. The van der Waals surface area contributed by atoms with Gasteiger partial charge in [-0.05, 0) is 31.2 Å². The Morgan fingerprint density at radius 3 is 2.68 bits per heavy atom. The Kier molecular flexibility index (Phi) is 5.40. The van der Waals surface area contributed by atoms with Crippen LogP contribution < -0.4 is 10.2 Å². The van der Waals surface area contributed by atoms with E-state index >= 15 is 0 Å². The summed E-state index contributed by atoms with van der Waals surface area (Å²) >= 11 is 7.39. The minimum atomic E-state index is -0.158. The molecular weight excluding hydrogens is 358 g/mol. The number of anilines is 2. The molecule has 0 spiro atoms. The summed E-state index contributed by atoms with van der Waals surface area (Å²) in [4.78, 5) is 30.0. The molecule has 1 aliphatic rings. The molecule has 128 valence electrons. The number of nitrogens with zero attached hydrogens (tertiary/aromatic N) is 2. The molecule has 0 saturated carbocycles. The zero-order chi connectivity index (χ0) is 17.8. The van der Waals surface area contributed by atoms with Gasteiger partial charge in [0.15, 0.2) is 5.17 Å². The Bertz CT molecular complexity index is 836. The summed E-state index contributed by atoms with van der Waals surface area (Å²) in [5.41, 5.74) is 2.45. The van der Waals surface area contributed by atoms with E-state index < -0.39 is 0 Å². The van der Waals surface area contributed by atoms with Gasteiger partial charge in [-0.15, -0.1) is 0 Å². The Hall–Kier alpha value is -2.31.